The summed E-state index contributed by atoms with van der Waals surface area (Å²) < 4.78 is 5.36. The van der Waals surface area contributed by atoms with Crippen molar-refractivity contribution in [3.8, 4) is 0 Å². The van der Waals surface area contributed by atoms with Gasteiger partial charge in [-0.25, -0.2) is 0 Å². The van der Waals surface area contributed by atoms with Gasteiger partial charge in [0.15, 0.2) is 0 Å². The molecule has 1 aromatic rings. The van der Waals surface area contributed by atoms with E-state index in [1.54, 1.807) is 0 Å². The second-order valence-electron chi connectivity index (χ2n) is 4.48. The molecule has 0 aliphatic heterocycles. The summed E-state index contributed by atoms with van der Waals surface area (Å²) in [4.78, 5) is 0. The summed E-state index contributed by atoms with van der Waals surface area (Å²) >= 11 is 0. The van der Waals surface area contributed by atoms with Crippen molar-refractivity contribution in [2.45, 2.75) is 27.7 Å². The maximum atomic E-state index is 5.36. The summed E-state index contributed by atoms with van der Waals surface area (Å²) in [6, 6.07) is 12.0. The average molecular weight is 208 g/mol. The van der Waals surface area contributed by atoms with Crippen molar-refractivity contribution in [1.29, 1.82) is 0 Å². The molecular weight excluding hydrogens is 184 g/mol. The third kappa shape index (κ3) is 13.2. The van der Waals surface area contributed by atoms with Gasteiger partial charge in [-0.2, -0.15) is 0 Å². The van der Waals surface area contributed by atoms with E-state index >= 15 is 0 Å². The molecule has 0 aromatic heterocycles. The molecule has 0 unspecified atom stereocenters. The standard InChI is InChI=1S/C8H18O.C6H6/c1-7(2)5-9-6-8(3)4;1-2-4-6-5-3-1/h7-8H,5-6H2,1-4H3;1-6H. The van der Waals surface area contributed by atoms with Gasteiger partial charge < -0.3 is 4.74 Å². The molecule has 0 fully saturated rings. The van der Waals surface area contributed by atoms with Crippen molar-refractivity contribution in [1.82, 2.24) is 0 Å². The first-order chi connectivity index (χ1) is 7.13. The van der Waals surface area contributed by atoms with Crippen LogP contribution in [-0.2, 0) is 4.74 Å². The first-order valence-electron chi connectivity index (χ1n) is 5.70. The topological polar surface area (TPSA) is 9.23 Å². The molecule has 15 heavy (non-hydrogen) atoms. The summed E-state index contributed by atoms with van der Waals surface area (Å²) in [6.45, 7) is 10.5. The van der Waals surface area contributed by atoms with Crippen molar-refractivity contribution < 1.29 is 4.74 Å². The Kier molecular flexibility index (Phi) is 9.19. The summed E-state index contributed by atoms with van der Waals surface area (Å²) in [7, 11) is 0. The van der Waals surface area contributed by atoms with Gasteiger partial charge in [-0.1, -0.05) is 64.1 Å². The molecule has 0 radical (unpaired) electrons. The monoisotopic (exact) mass is 208 g/mol. The van der Waals surface area contributed by atoms with Crippen LogP contribution in [0, 0.1) is 11.8 Å². The molecule has 0 aliphatic carbocycles. The van der Waals surface area contributed by atoms with E-state index in [9.17, 15) is 0 Å². The van der Waals surface area contributed by atoms with E-state index in [2.05, 4.69) is 27.7 Å². The highest BCUT2D eigenvalue weighted by Gasteiger charge is 1.95. The van der Waals surface area contributed by atoms with Crippen LogP contribution in [0.4, 0.5) is 0 Å². The lowest BCUT2D eigenvalue weighted by Crippen LogP contribution is -2.06. The maximum Gasteiger partial charge on any atom is 0.0489 e. The highest BCUT2D eigenvalue weighted by Crippen LogP contribution is 1.96. The first kappa shape index (κ1) is 14.2. The van der Waals surface area contributed by atoms with Crippen LogP contribution in [0.15, 0.2) is 36.4 Å². The number of benzene rings is 1. The molecule has 1 aromatic carbocycles. The fraction of sp³-hybridized carbons (Fsp3) is 0.571. The van der Waals surface area contributed by atoms with Crippen LogP contribution in [0.25, 0.3) is 0 Å². The minimum Gasteiger partial charge on any atom is -0.381 e. The average Bonchev–Trinajstić information content (AvgIpc) is 2.20. The zero-order valence-electron chi connectivity index (χ0n) is 10.4. The van der Waals surface area contributed by atoms with Crippen molar-refractivity contribution in [3.05, 3.63) is 36.4 Å². The fourth-order valence-corrected chi connectivity index (χ4v) is 0.924. The van der Waals surface area contributed by atoms with Gasteiger partial charge in [0.2, 0.25) is 0 Å². The Morgan fingerprint density at radius 1 is 0.667 bits per heavy atom. The number of hydrogen-bond donors (Lipinski definition) is 0. The van der Waals surface area contributed by atoms with Crippen LogP contribution in [0.5, 0.6) is 0 Å². The molecule has 0 N–H and O–H groups in total. The van der Waals surface area contributed by atoms with Crippen LogP contribution < -0.4 is 0 Å². The van der Waals surface area contributed by atoms with Gasteiger partial charge in [-0.05, 0) is 11.8 Å². The Balaban J connectivity index is 0.000000280. The van der Waals surface area contributed by atoms with Gasteiger partial charge in [0, 0.05) is 13.2 Å². The van der Waals surface area contributed by atoms with E-state index in [0.29, 0.717) is 11.8 Å². The SMILES string of the molecule is CC(C)COCC(C)C.c1ccccc1. The molecule has 0 saturated carbocycles. The first-order valence-corrected chi connectivity index (χ1v) is 5.70. The molecule has 1 heteroatoms. The van der Waals surface area contributed by atoms with Crippen LogP contribution >= 0.6 is 0 Å². The van der Waals surface area contributed by atoms with E-state index in [4.69, 9.17) is 4.74 Å². The second-order valence-corrected chi connectivity index (χ2v) is 4.48. The van der Waals surface area contributed by atoms with Gasteiger partial charge in [0.25, 0.3) is 0 Å². The Bertz CT molecular complexity index is 169. The molecule has 0 spiro atoms. The van der Waals surface area contributed by atoms with Crippen molar-refractivity contribution in [2.24, 2.45) is 11.8 Å². The zero-order valence-corrected chi connectivity index (χ0v) is 10.4. The van der Waals surface area contributed by atoms with E-state index in [0.717, 1.165) is 13.2 Å². The van der Waals surface area contributed by atoms with Crippen molar-refractivity contribution in [3.63, 3.8) is 0 Å². The van der Waals surface area contributed by atoms with Gasteiger partial charge >= 0.3 is 0 Å². The van der Waals surface area contributed by atoms with E-state index < -0.39 is 0 Å². The molecule has 0 heterocycles. The predicted octanol–water partition coefficient (Wildman–Crippen LogP) is 4.00. The fourth-order valence-electron chi connectivity index (χ4n) is 0.924. The number of hydrogen-bond acceptors (Lipinski definition) is 1. The molecule has 0 saturated heterocycles. The van der Waals surface area contributed by atoms with Crippen LogP contribution in [0.2, 0.25) is 0 Å². The quantitative estimate of drug-likeness (QED) is 0.726. The highest BCUT2D eigenvalue weighted by molar-refractivity contribution is 4.99. The van der Waals surface area contributed by atoms with Crippen LogP contribution in [-0.4, -0.2) is 13.2 Å². The Hall–Kier alpha value is -0.820. The smallest absolute Gasteiger partial charge is 0.0489 e. The molecule has 0 aliphatic rings. The summed E-state index contributed by atoms with van der Waals surface area (Å²) in [5, 5.41) is 0. The molecule has 86 valence electrons. The van der Waals surface area contributed by atoms with Crippen molar-refractivity contribution in [2.75, 3.05) is 13.2 Å². The normalized spacial score (nSPS) is 10.0. The third-order valence-electron chi connectivity index (χ3n) is 1.57. The minimum absolute atomic E-state index is 0.670. The van der Waals surface area contributed by atoms with Crippen LogP contribution in [0.1, 0.15) is 27.7 Å². The third-order valence-corrected chi connectivity index (χ3v) is 1.57. The molecule has 0 amide bonds. The Morgan fingerprint density at radius 3 is 1.13 bits per heavy atom. The number of rotatable bonds is 4. The molecule has 1 nitrogen and oxygen atoms in total. The van der Waals surface area contributed by atoms with Gasteiger partial charge in [0.05, 0.1) is 0 Å². The van der Waals surface area contributed by atoms with Gasteiger partial charge in [-0.3, -0.25) is 0 Å². The van der Waals surface area contributed by atoms with E-state index in [1.807, 2.05) is 36.4 Å². The summed E-state index contributed by atoms with van der Waals surface area (Å²) in [5.74, 6) is 1.34. The predicted molar refractivity (Wildman–Crippen MR) is 66.9 cm³/mol. The Labute approximate surface area is 94.5 Å². The van der Waals surface area contributed by atoms with Gasteiger partial charge in [-0.15, -0.1) is 0 Å². The lowest BCUT2D eigenvalue weighted by atomic mass is 10.2. The number of ether oxygens (including phenoxy) is 1. The molecule has 0 bridgehead atoms. The lowest BCUT2D eigenvalue weighted by Gasteiger charge is -2.07. The van der Waals surface area contributed by atoms with E-state index in [1.165, 1.54) is 0 Å². The molecular formula is C14H24O. The minimum atomic E-state index is 0.670. The largest absolute Gasteiger partial charge is 0.381 e. The maximum absolute atomic E-state index is 5.36. The van der Waals surface area contributed by atoms with Gasteiger partial charge in [0.1, 0.15) is 0 Å². The second kappa shape index (κ2) is 9.72. The summed E-state index contributed by atoms with van der Waals surface area (Å²) in [6.07, 6.45) is 0. The molecule has 0 atom stereocenters. The van der Waals surface area contributed by atoms with Crippen molar-refractivity contribution >= 4 is 0 Å². The van der Waals surface area contributed by atoms with Crippen LogP contribution in [0.3, 0.4) is 0 Å². The molecule has 1 rings (SSSR count). The lowest BCUT2D eigenvalue weighted by molar-refractivity contribution is 0.0886. The van der Waals surface area contributed by atoms with E-state index in [-0.39, 0.29) is 0 Å². The zero-order chi connectivity index (χ0) is 11.5. The highest BCUT2D eigenvalue weighted by atomic mass is 16.5. The Morgan fingerprint density at radius 2 is 0.933 bits per heavy atom. The summed E-state index contributed by atoms with van der Waals surface area (Å²) in [5.41, 5.74) is 0.